The van der Waals surface area contributed by atoms with Crippen LogP contribution in [0.25, 0.3) is 10.4 Å². The Hall–Kier alpha value is -1.81. The fraction of sp³-hybridized carbons (Fsp3) is 0.154. The average Bonchev–Trinajstić information content (AvgIpc) is 2.70. The van der Waals surface area contributed by atoms with E-state index < -0.39 is 0 Å². The van der Waals surface area contributed by atoms with Crippen molar-refractivity contribution in [3.63, 3.8) is 0 Å². The molecule has 0 aliphatic carbocycles. The summed E-state index contributed by atoms with van der Waals surface area (Å²) < 4.78 is 4.68. The van der Waals surface area contributed by atoms with Crippen molar-refractivity contribution in [3.05, 3.63) is 40.8 Å². The molecule has 1 aromatic carbocycles. The summed E-state index contributed by atoms with van der Waals surface area (Å²) in [4.78, 5) is 12.9. The maximum Gasteiger partial charge on any atom is 0.350 e. The van der Waals surface area contributed by atoms with Crippen LogP contribution in [0, 0.1) is 6.92 Å². The first-order chi connectivity index (χ1) is 8.11. The van der Waals surface area contributed by atoms with Crippen molar-refractivity contribution in [2.45, 2.75) is 6.92 Å². The molecule has 1 heterocycles. The van der Waals surface area contributed by atoms with Crippen LogP contribution in [0.2, 0.25) is 0 Å². The van der Waals surface area contributed by atoms with Crippen LogP contribution in [0.15, 0.2) is 30.3 Å². The molecule has 0 unspecified atom stereocenters. The van der Waals surface area contributed by atoms with Gasteiger partial charge >= 0.3 is 5.97 Å². The van der Waals surface area contributed by atoms with Gasteiger partial charge in [-0.15, -0.1) is 11.3 Å². The van der Waals surface area contributed by atoms with E-state index in [0.717, 1.165) is 10.4 Å². The highest BCUT2D eigenvalue weighted by Gasteiger charge is 2.15. The van der Waals surface area contributed by atoms with Crippen molar-refractivity contribution in [1.29, 1.82) is 0 Å². The second-order valence-corrected chi connectivity index (χ2v) is 4.81. The van der Waals surface area contributed by atoms with E-state index in [9.17, 15) is 4.79 Å². The first-order valence-corrected chi connectivity index (χ1v) is 5.98. The van der Waals surface area contributed by atoms with Gasteiger partial charge in [0.15, 0.2) is 0 Å². The number of nitrogen functional groups attached to an aromatic ring is 1. The molecule has 0 aliphatic heterocycles. The van der Waals surface area contributed by atoms with E-state index in [1.165, 1.54) is 24.0 Å². The molecule has 0 atom stereocenters. The molecule has 3 nitrogen and oxygen atoms in total. The van der Waals surface area contributed by atoms with Gasteiger partial charge in [-0.25, -0.2) is 4.79 Å². The van der Waals surface area contributed by atoms with Crippen LogP contribution in [0.3, 0.4) is 0 Å². The van der Waals surface area contributed by atoms with Crippen molar-refractivity contribution < 1.29 is 9.53 Å². The summed E-state index contributed by atoms with van der Waals surface area (Å²) in [5, 5.41) is 0. The lowest BCUT2D eigenvalue weighted by molar-refractivity contribution is 0.0607. The molecule has 0 fully saturated rings. The fourth-order valence-corrected chi connectivity index (χ4v) is 2.59. The zero-order valence-corrected chi connectivity index (χ0v) is 10.5. The topological polar surface area (TPSA) is 52.3 Å². The van der Waals surface area contributed by atoms with Gasteiger partial charge in [-0.2, -0.15) is 0 Å². The molecular formula is C13H13NO2S. The Bertz CT molecular complexity index is 560. The minimum atomic E-state index is -0.383. The van der Waals surface area contributed by atoms with Gasteiger partial charge in [0.2, 0.25) is 0 Å². The summed E-state index contributed by atoms with van der Waals surface area (Å²) in [6.07, 6.45) is 0. The minimum absolute atomic E-state index is 0.383. The third-order valence-electron chi connectivity index (χ3n) is 2.43. The summed E-state index contributed by atoms with van der Waals surface area (Å²) in [7, 11) is 1.35. The number of hydrogen-bond donors (Lipinski definition) is 1. The summed E-state index contributed by atoms with van der Waals surface area (Å²) in [5.41, 5.74) is 8.52. The number of carbonyl (C=O) groups is 1. The number of nitrogens with two attached hydrogens (primary N) is 1. The quantitative estimate of drug-likeness (QED) is 0.830. The molecule has 4 heteroatoms. The number of thiophene rings is 1. The number of ether oxygens (including phenoxy) is 1. The average molecular weight is 247 g/mol. The predicted octanol–water partition coefficient (Wildman–Crippen LogP) is 3.09. The standard InChI is InChI=1S/C13H13NO2S/c1-8-4-3-5-9(6-8)11-7-10(14)12(17-11)13(15)16-2/h3-7H,14H2,1-2H3. The largest absolute Gasteiger partial charge is 0.465 e. The molecule has 0 bridgehead atoms. The van der Waals surface area contributed by atoms with Crippen molar-refractivity contribution in [2.24, 2.45) is 0 Å². The van der Waals surface area contributed by atoms with Gasteiger partial charge in [0.05, 0.1) is 12.8 Å². The molecule has 17 heavy (non-hydrogen) atoms. The lowest BCUT2D eigenvalue weighted by atomic mass is 10.1. The SMILES string of the molecule is COC(=O)c1sc(-c2cccc(C)c2)cc1N. The highest BCUT2D eigenvalue weighted by atomic mass is 32.1. The third kappa shape index (κ3) is 2.31. The Kier molecular flexibility index (Phi) is 3.15. The Balaban J connectivity index is 2.44. The van der Waals surface area contributed by atoms with Gasteiger partial charge < -0.3 is 10.5 Å². The van der Waals surface area contributed by atoms with E-state index in [0.29, 0.717) is 10.6 Å². The smallest absolute Gasteiger partial charge is 0.350 e. The molecule has 0 saturated carbocycles. The Morgan fingerprint density at radius 2 is 2.12 bits per heavy atom. The molecule has 2 aromatic rings. The van der Waals surface area contributed by atoms with Crippen molar-refractivity contribution in [2.75, 3.05) is 12.8 Å². The highest BCUT2D eigenvalue weighted by molar-refractivity contribution is 7.18. The van der Waals surface area contributed by atoms with Gasteiger partial charge in [-0.3, -0.25) is 0 Å². The molecule has 88 valence electrons. The van der Waals surface area contributed by atoms with Crippen LogP contribution in [0.1, 0.15) is 15.2 Å². The van der Waals surface area contributed by atoms with Gasteiger partial charge in [-0.1, -0.05) is 29.8 Å². The van der Waals surface area contributed by atoms with Crippen LogP contribution in [0.4, 0.5) is 5.69 Å². The molecule has 0 aliphatic rings. The van der Waals surface area contributed by atoms with Crippen LogP contribution in [0.5, 0.6) is 0 Å². The van der Waals surface area contributed by atoms with E-state index in [1.807, 2.05) is 31.2 Å². The number of anilines is 1. The molecule has 2 rings (SSSR count). The van der Waals surface area contributed by atoms with E-state index in [4.69, 9.17) is 5.73 Å². The first-order valence-electron chi connectivity index (χ1n) is 5.16. The molecule has 0 saturated heterocycles. The number of aryl methyl sites for hydroxylation is 1. The van der Waals surface area contributed by atoms with E-state index in [2.05, 4.69) is 10.8 Å². The summed E-state index contributed by atoms with van der Waals surface area (Å²) >= 11 is 1.35. The zero-order chi connectivity index (χ0) is 12.4. The maximum atomic E-state index is 11.5. The second-order valence-electron chi connectivity index (χ2n) is 3.76. The van der Waals surface area contributed by atoms with Crippen LogP contribution in [-0.2, 0) is 4.74 Å². The number of carbonyl (C=O) groups excluding carboxylic acids is 1. The van der Waals surface area contributed by atoms with Gasteiger partial charge in [0, 0.05) is 4.88 Å². The van der Waals surface area contributed by atoms with Crippen LogP contribution < -0.4 is 5.73 Å². The lowest BCUT2D eigenvalue weighted by Gasteiger charge is -1.98. The summed E-state index contributed by atoms with van der Waals surface area (Å²) in [5.74, 6) is -0.383. The monoisotopic (exact) mass is 247 g/mol. The van der Waals surface area contributed by atoms with Crippen molar-refractivity contribution in [1.82, 2.24) is 0 Å². The molecule has 0 radical (unpaired) electrons. The second kappa shape index (κ2) is 4.59. The highest BCUT2D eigenvalue weighted by Crippen LogP contribution is 2.33. The molecule has 2 N–H and O–H groups in total. The van der Waals surface area contributed by atoms with Crippen LogP contribution in [-0.4, -0.2) is 13.1 Å². The first kappa shape index (κ1) is 11.7. The van der Waals surface area contributed by atoms with Crippen molar-refractivity contribution >= 4 is 23.0 Å². The van der Waals surface area contributed by atoms with E-state index in [-0.39, 0.29) is 5.97 Å². The number of benzene rings is 1. The number of hydrogen-bond acceptors (Lipinski definition) is 4. The Morgan fingerprint density at radius 3 is 2.76 bits per heavy atom. The Labute approximate surface area is 104 Å². The minimum Gasteiger partial charge on any atom is -0.465 e. The van der Waals surface area contributed by atoms with Gasteiger partial charge in [0.1, 0.15) is 4.88 Å². The maximum absolute atomic E-state index is 11.5. The number of esters is 1. The summed E-state index contributed by atoms with van der Waals surface area (Å²) in [6.45, 7) is 2.03. The molecule has 1 aromatic heterocycles. The third-order valence-corrected chi connectivity index (χ3v) is 3.61. The van der Waals surface area contributed by atoms with Gasteiger partial charge in [0.25, 0.3) is 0 Å². The van der Waals surface area contributed by atoms with Crippen molar-refractivity contribution in [3.8, 4) is 10.4 Å². The fourth-order valence-electron chi connectivity index (χ4n) is 1.60. The number of methoxy groups -OCH3 is 1. The van der Waals surface area contributed by atoms with E-state index in [1.54, 1.807) is 0 Å². The predicted molar refractivity (Wildman–Crippen MR) is 70.2 cm³/mol. The molecule has 0 spiro atoms. The Morgan fingerprint density at radius 1 is 1.35 bits per heavy atom. The normalized spacial score (nSPS) is 10.2. The summed E-state index contributed by atoms with van der Waals surface area (Å²) in [6, 6.07) is 9.89. The number of rotatable bonds is 2. The zero-order valence-electron chi connectivity index (χ0n) is 9.69. The van der Waals surface area contributed by atoms with E-state index >= 15 is 0 Å². The van der Waals surface area contributed by atoms with Gasteiger partial charge in [-0.05, 0) is 18.6 Å². The van der Waals surface area contributed by atoms with Crippen LogP contribution >= 0.6 is 11.3 Å². The molecular weight excluding hydrogens is 234 g/mol. The molecule has 0 amide bonds. The lowest BCUT2D eigenvalue weighted by Crippen LogP contribution is -2.00.